The number of hydrogen-bond acceptors (Lipinski definition) is 6. The normalized spacial score (nSPS) is 16.2. The molecular weight excluding hydrogens is 412 g/mol. The third kappa shape index (κ3) is 6.04. The highest BCUT2D eigenvalue weighted by Crippen LogP contribution is 2.34. The smallest absolute Gasteiger partial charge is 0.266 e. The van der Waals surface area contributed by atoms with Crippen LogP contribution < -0.4 is 14.2 Å². The number of nitrogens with zero attached hydrogens (tertiary/aromatic N) is 2. The van der Waals surface area contributed by atoms with Crippen LogP contribution in [0.1, 0.15) is 26.3 Å². The van der Waals surface area contributed by atoms with Gasteiger partial charge in [-0.1, -0.05) is 24.3 Å². The average molecular weight is 441 g/mol. The summed E-state index contributed by atoms with van der Waals surface area (Å²) in [5.74, 6) is 2.08. The molecule has 0 spiro atoms. The summed E-state index contributed by atoms with van der Waals surface area (Å²) in [5, 5.41) is 0.754. The molecular formula is C24H28N2O4S. The predicted octanol–water partition coefficient (Wildman–Crippen LogP) is 4.86. The molecule has 0 bridgehead atoms. The van der Waals surface area contributed by atoms with Crippen LogP contribution in [0.5, 0.6) is 17.2 Å². The SMILES string of the molecule is CCN=C1S/C(=C/c2ccc(OCCOc3ccccc3)c(OCC)c2)C(=O)N1CC. The summed E-state index contributed by atoms with van der Waals surface area (Å²) in [5.41, 5.74) is 0.876. The Morgan fingerprint density at radius 1 is 0.968 bits per heavy atom. The summed E-state index contributed by atoms with van der Waals surface area (Å²) >= 11 is 1.41. The summed E-state index contributed by atoms with van der Waals surface area (Å²) in [6, 6.07) is 15.3. The molecule has 1 saturated heterocycles. The molecule has 0 aromatic heterocycles. The quantitative estimate of drug-likeness (QED) is 0.390. The molecule has 7 heteroatoms. The van der Waals surface area contributed by atoms with Crippen LogP contribution >= 0.6 is 11.8 Å². The van der Waals surface area contributed by atoms with Gasteiger partial charge < -0.3 is 14.2 Å². The fourth-order valence-electron chi connectivity index (χ4n) is 3.02. The van der Waals surface area contributed by atoms with Crippen molar-refractivity contribution in [3.63, 3.8) is 0 Å². The maximum atomic E-state index is 12.7. The van der Waals surface area contributed by atoms with Crippen LogP contribution in [0.2, 0.25) is 0 Å². The van der Waals surface area contributed by atoms with Crippen molar-refractivity contribution in [3.05, 3.63) is 59.0 Å². The first-order valence-corrected chi connectivity index (χ1v) is 11.3. The number of rotatable bonds is 10. The minimum Gasteiger partial charge on any atom is -0.490 e. The van der Waals surface area contributed by atoms with E-state index in [2.05, 4.69) is 4.99 Å². The number of amidine groups is 1. The van der Waals surface area contributed by atoms with Gasteiger partial charge in [-0.25, -0.2) is 0 Å². The van der Waals surface area contributed by atoms with E-state index >= 15 is 0 Å². The van der Waals surface area contributed by atoms with E-state index in [1.54, 1.807) is 4.90 Å². The van der Waals surface area contributed by atoms with Crippen molar-refractivity contribution in [1.29, 1.82) is 0 Å². The molecule has 0 atom stereocenters. The third-order valence-electron chi connectivity index (χ3n) is 4.42. The fraction of sp³-hybridized carbons (Fsp3) is 0.333. The van der Waals surface area contributed by atoms with Gasteiger partial charge in [0.1, 0.15) is 19.0 Å². The second-order valence-corrected chi connectivity index (χ2v) is 7.58. The summed E-state index contributed by atoms with van der Waals surface area (Å²) in [6.07, 6.45) is 1.87. The highest BCUT2D eigenvalue weighted by Gasteiger charge is 2.31. The zero-order valence-electron chi connectivity index (χ0n) is 18.2. The van der Waals surface area contributed by atoms with E-state index in [1.807, 2.05) is 75.4 Å². The first kappa shape index (κ1) is 22.7. The number of likely N-dealkylation sites (N-methyl/N-ethyl adjacent to an activating group) is 1. The highest BCUT2D eigenvalue weighted by atomic mass is 32.2. The molecule has 1 aliphatic heterocycles. The lowest BCUT2D eigenvalue weighted by Gasteiger charge is -2.13. The van der Waals surface area contributed by atoms with Gasteiger partial charge >= 0.3 is 0 Å². The molecule has 0 saturated carbocycles. The zero-order chi connectivity index (χ0) is 22.1. The minimum absolute atomic E-state index is 0.0175. The first-order chi connectivity index (χ1) is 15.2. The Bertz CT molecular complexity index is 944. The number of amides is 1. The van der Waals surface area contributed by atoms with Crippen molar-refractivity contribution in [2.24, 2.45) is 4.99 Å². The van der Waals surface area contributed by atoms with E-state index in [0.717, 1.165) is 16.5 Å². The molecule has 1 amide bonds. The monoisotopic (exact) mass is 440 g/mol. The molecule has 164 valence electrons. The molecule has 31 heavy (non-hydrogen) atoms. The molecule has 0 aliphatic carbocycles. The lowest BCUT2D eigenvalue weighted by atomic mass is 10.2. The van der Waals surface area contributed by atoms with Gasteiger partial charge in [0.25, 0.3) is 5.91 Å². The number of ether oxygens (including phenoxy) is 3. The van der Waals surface area contributed by atoms with Crippen molar-refractivity contribution in [1.82, 2.24) is 4.90 Å². The van der Waals surface area contributed by atoms with E-state index in [9.17, 15) is 4.79 Å². The molecule has 2 aromatic carbocycles. The Morgan fingerprint density at radius 3 is 2.45 bits per heavy atom. The average Bonchev–Trinajstić information content (AvgIpc) is 3.07. The first-order valence-electron chi connectivity index (χ1n) is 10.5. The zero-order valence-corrected chi connectivity index (χ0v) is 19.0. The van der Waals surface area contributed by atoms with E-state index in [1.165, 1.54) is 11.8 Å². The second kappa shape index (κ2) is 11.5. The molecule has 0 radical (unpaired) electrons. The van der Waals surface area contributed by atoms with E-state index in [4.69, 9.17) is 14.2 Å². The molecule has 1 aliphatic rings. The van der Waals surface area contributed by atoms with Crippen LogP contribution in [0.4, 0.5) is 0 Å². The molecule has 2 aromatic rings. The maximum absolute atomic E-state index is 12.7. The van der Waals surface area contributed by atoms with Gasteiger partial charge in [0, 0.05) is 13.1 Å². The van der Waals surface area contributed by atoms with Crippen molar-refractivity contribution >= 4 is 28.9 Å². The fourth-order valence-corrected chi connectivity index (χ4v) is 4.13. The van der Waals surface area contributed by atoms with Crippen molar-refractivity contribution in [2.75, 3.05) is 32.9 Å². The predicted molar refractivity (Wildman–Crippen MR) is 126 cm³/mol. The van der Waals surface area contributed by atoms with E-state index < -0.39 is 0 Å². The second-order valence-electron chi connectivity index (χ2n) is 6.57. The number of aliphatic imine (C=N–C) groups is 1. The summed E-state index contributed by atoms with van der Waals surface area (Å²) in [7, 11) is 0. The summed E-state index contributed by atoms with van der Waals surface area (Å²) < 4.78 is 17.3. The van der Waals surface area contributed by atoms with Gasteiger partial charge in [0.05, 0.1) is 11.5 Å². The molecule has 1 heterocycles. The van der Waals surface area contributed by atoms with Crippen LogP contribution in [-0.2, 0) is 4.79 Å². The Kier molecular flexibility index (Phi) is 8.41. The number of hydrogen-bond donors (Lipinski definition) is 0. The number of carbonyl (C=O) groups excluding carboxylic acids is 1. The van der Waals surface area contributed by atoms with E-state index in [0.29, 0.717) is 49.3 Å². The lowest BCUT2D eigenvalue weighted by Crippen LogP contribution is -2.28. The minimum atomic E-state index is -0.0175. The molecule has 1 fully saturated rings. The molecule has 6 nitrogen and oxygen atoms in total. The number of para-hydroxylation sites is 1. The van der Waals surface area contributed by atoms with Gasteiger partial charge in [-0.3, -0.25) is 14.7 Å². The van der Waals surface area contributed by atoms with Gasteiger partial charge in [0.15, 0.2) is 16.7 Å². The largest absolute Gasteiger partial charge is 0.490 e. The standard InChI is InChI=1S/C24H28N2O4S/c1-4-25-24-26(5-2)23(27)22(31-24)17-18-12-13-20(21(16-18)28-6-3)30-15-14-29-19-10-8-7-9-11-19/h7-13,16-17H,4-6,14-15H2,1-3H3/b22-17+,25-24?. The van der Waals surface area contributed by atoms with Crippen LogP contribution in [0, 0.1) is 0 Å². The Morgan fingerprint density at radius 2 is 1.74 bits per heavy atom. The van der Waals surface area contributed by atoms with E-state index in [-0.39, 0.29) is 5.91 Å². The molecule has 3 rings (SSSR count). The van der Waals surface area contributed by atoms with Gasteiger partial charge in [-0.2, -0.15) is 0 Å². The van der Waals surface area contributed by atoms with Crippen LogP contribution in [0.15, 0.2) is 58.4 Å². The van der Waals surface area contributed by atoms with Gasteiger partial charge in [-0.15, -0.1) is 0 Å². The maximum Gasteiger partial charge on any atom is 0.266 e. The van der Waals surface area contributed by atoms with Crippen LogP contribution in [0.25, 0.3) is 6.08 Å². The Hall–Kier alpha value is -2.93. The Balaban J connectivity index is 1.69. The topological polar surface area (TPSA) is 60.4 Å². The number of thioether (sulfide) groups is 1. The number of benzene rings is 2. The van der Waals surface area contributed by atoms with Crippen molar-refractivity contribution < 1.29 is 19.0 Å². The molecule has 0 unspecified atom stereocenters. The lowest BCUT2D eigenvalue weighted by molar-refractivity contribution is -0.122. The molecule has 0 N–H and O–H groups in total. The summed E-state index contributed by atoms with van der Waals surface area (Å²) in [4.78, 5) is 19.5. The van der Waals surface area contributed by atoms with Gasteiger partial charge in [-0.05, 0) is 68.4 Å². The highest BCUT2D eigenvalue weighted by molar-refractivity contribution is 8.18. The number of carbonyl (C=O) groups is 1. The van der Waals surface area contributed by atoms with Crippen molar-refractivity contribution in [3.8, 4) is 17.2 Å². The Labute approximate surface area is 187 Å². The van der Waals surface area contributed by atoms with Crippen LogP contribution in [-0.4, -0.2) is 48.9 Å². The van der Waals surface area contributed by atoms with Crippen molar-refractivity contribution in [2.45, 2.75) is 20.8 Å². The van der Waals surface area contributed by atoms with Gasteiger partial charge in [0.2, 0.25) is 0 Å². The van der Waals surface area contributed by atoms with Crippen LogP contribution in [0.3, 0.4) is 0 Å². The third-order valence-corrected chi connectivity index (χ3v) is 5.46. The summed E-state index contributed by atoms with van der Waals surface area (Å²) in [6.45, 7) is 8.43.